The Hall–Kier alpha value is -2.68. The Kier molecular flexibility index (Phi) is 5.76. The van der Waals surface area contributed by atoms with Crippen LogP contribution in [0.2, 0.25) is 0 Å². The van der Waals surface area contributed by atoms with Gasteiger partial charge in [0.1, 0.15) is 11.4 Å². The van der Waals surface area contributed by atoms with Crippen LogP contribution in [-0.4, -0.2) is 57.9 Å². The first-order valence-corrected chi connectivity index (χ1v) is 12.2. The van der Waals surface area contributed by atoms with E-state index in [9.17, 15) is 14.7 Å². The number of benzene rings is 1. The minimum Gasteiger partial charge on any atom is -0.477 e. The first-order chi connectivity index (χ1) is 15.9. The summed E-state index contributed by atoms with van der Waals surface area (Å²) < 4.78 is 16.8. The highest BCUT2D eigenvalue weighted by molar-refractivity contribution is 7.80. The fourth-order valence-corrected chi connectivity index (χ4v) is 6.21. The molecule has 2 saturated carbocycles. The van der Waals surface area contributed by atoms with Gasteiger partial charge in [-0.1, -0.05) is 6.42 Å². The molecule has 176 valence electrons. The molecule has 2 aromatic rings. The molecule has 1 aromatic heterocycles. The number of nitrogens with zero attached hydrogens (tertiary/aromatic N) is 3. The van der Waals surface area contributed by atoms with E-state index >= 15 is 4.39 Å². The second-order valence-corrected chi connectivity index (χ2v) is 9.88. The van der Waals surface area contributed by atoms with Crippen LogP contribution in [0.15, 0.2) is 23.1 Å². The maximum absolute atomic E-state index is 15.1. The number of rotatable bonds is 4. The number of aromatic nitrogens is 1. The van der Waals surface area contributed by atoms with Crippen LogP contribution in [0.1, 0.15) is 43.0 Å². The van der Waals surface area contributed by atoms with Crippen LogP contribution in [-0.2, 0) is 6.54 Å². The maximum atomic E-state index is 15.1. The lowest BCUT2D eigenvalue weighted by Crippen LogP contribution is -2.54. The molecule has 2 bridgehead atoms. The first-order valence-electron chi connectivity index (χ1n) is 11.8. The zero-order chi connectivity index (χ0) is 23.3. The fraction of sp³-hybridized carbons (Fsp3) is 0.542. The van der Waals surface area contributed by atoms with E-state index in [0.717, 1.165) is 16.9 Å². The molecule has 5 rings (SSSR count). The van der Waals surface area contributed by atoms with Crippen molar-refractivity contribution < 1.29 is 14.3 Å². The van der Waals surface area contributed by atoms with Gasteiger partial charge in [-0.2, -0.15) is 0 Å². The topological polar surface area (TPSA) is 77.8 Å². The van der Waals surface area contributed by atoms with Gasteiger partial charge in [0.2, 0.25) is 5.43 Å². The Morgan fingerprint density at radius 2 is 1.97 bits per heavy atom. The van der Waals surface area contributed by atoms with Gasteiger partial charge in [-0.25, -0.2) is 9.18 Å². The minimum atomic E-state index is -1.31. The number of hydrogen-bond donors (Lipinski definition) is 2. The van der Waals surface area contributed by atoms with Crippen LogP contribution in [0.3, 0.4) is 0 Å². The molecule has 0 spiro atoms. The van der Waals surface area contributed by atoms with Crippen LogP contribution in [0, 0.1) is 17.7 Å². The van der Waals surface area contributed by atoms with Gasteiger partial charge >= 0.3 is 5.97 Å². The van der Waals surface area contributed by atoms with Gasteiger partial charge in [-0.15, -0.1) is 0 Å². The van der Waals surface area contributed by atoms with E-state index in [1.165, 1.54) is 37.9 Å². The largest absolute Gasteiger partial charge is 0.477 e. The molecule has 0 amide bonds. The van der Waals surface area contributed by atoms with Crippen LogP contribution < -0.4 is 15.6 Å². The maximum Gasteiger partial charge on any atom is 0.341 e. The monoisotopic (exact) mass is 472 g/mol. The van der Waals surface area contributed by atoms with E-state index in [-0.39, 0.29) is 10.9 Å². The van der Waals surface area contributed by atoms with E-state index in [4.69, 9.17) is 12.2 Å². The summed E-state index contributed by atoms with van der Waals surface area (Å²) in [6.45, 7) is 4.96. The Balaban J connectivity index is 1.32. The molecule has 2 heterocycles. The van der Waals surface area contributed by atoms with Crippen molar-refractivity contribution in [1.82, 2.24) is 14.8 Å². The molecule has 0 unspecified atom stereocenters. The second kappa shape index (κ2) is 8.59. The summed E-state index contributed by atoms with van der Waals surface area (Å²) in [6, 6.07) is 3.34. The third-order valence-electron chi connectivity index (χ3n) is 7.67. The Morgan fingerprint density at radius 3 is 2.58 bits per heavy atom. The van der Waals surface area contributed by atoms with Crippen molar-refractivity contribution in [2.24, 2.45) is 11.8 Å². The number of thiocarbonyl (C=S) groups is 1. The fourth-order valence-electron chi connectivity index (χ4n) is 5.88. The molecular weight excluding hydrogens is 443 g/mol. The summed E-state index contributed by atoms with van der Waals surface area (Å²) in [5, 5.41) is 13.8. The molecule has 2 aliphatic carbocycles. The Bertz CT molecular complexity index is 1170. The van der Waals surface area contributed by atoms with Crippen molar-refractivity contribution in [2.45, 2.75) is 45.2 Å². The predicted molar refractivity (Wildman–Crippen MR) is 130 cm³/mol. The van der Waals surface area contributed by atoms with Crippen LogP contribution in [0.4, 0.5) is 10.1 Å². The third kappa shape index (κ3) is 3.96. The lowest BCUT2D eigenvalue weighted by Gasteiger charge is -2.39. The molecule has 3 fully saturated rings. The lowest BCUT2D eigenvalue weighted by molar-refractivity contribution is 0.0695. The summed E-state index contributed by atoms with van der Waals surface area (Å²) >= 11 is 5.69. The summed E-state index contributed by atoms with van der Waals surface area (Å²) in [7, 11) is 0. The number of anilines is 1. The number of hydrogen-bond acceptors (Lipinski definition) is 4. The smallest absolute Gasteiger partial charge is 0.341 e. The van der Waals surface area contributed by atoms with Crippen LogP contribution >= 0.6 is 12.2 Å². The molecule has 3 aliphatic rings. The first kappa shape index (κ1) is 22.1. The van der Waals surface area contributed by atoms with Gasteiger partial charge < -0.3 is 24.8 Å². The molecule has 3 atom stereocenters. The number of pyridine rings is 1. The van der Waals surface area contributed by atoms with E-state index in [1.54, 1.807) is 10.6 Å². The van der Waals surface area contributed by atoms with Crippen molar-refractivity contribution in [3.05, 3.63) is 39.9 Å². The summed E-state index contributed by atoms with van der Waals surface area (Å²) in [4.78, 5) is 28.1. The van der Waals surface area contributed by atoms with Gasteiger partial charge in [0.25, 0.3) is 0 Å². The molecule has 2 N–H and O–H groups in total. The van der Waals surface area contributed by atoms with Crippen LogP contribution in [0.25, 0.3) is 10.9 Å². The van der Waals surface area contributed by atoms with E-state index in [2.05, 4.69) is 10.2 Å². The summed E-state index contributed by atoms with van der Waals surface area (Å²) in [5.74, 6) is -0.213. The van der Waals surface area contributed by atoms with Crippen molar-refractivity contribution >= 4 is 39.9 Å². The van der Waals surface area contributed by atoms with Gasteiger partial charge in [0.05, 0.1) is 11.2 Å². The second-order valence-electron chi connectivity index (χ2n) is 9.49. The molecule has 1 aromatic carbocycles. The Labute approximate surface area is 197 Å². The molecule has 0 radical (unpaired) electrons. The SMILES string of the molecule is CCn1cc(C(=O)O)c(=O)c2cc(F)c(N3CCN(C(=S)N[C@H]4C[C@@H]5CC[C@@H]4C5)CC3)cc21. The van der Waals surface area contributed by atoms with Gasteiger partial charge in [-0.3, -0.25) is 4.79 Å². The average Bonchev–Trinajstić information content (AvgIpc) is 3.42. The Morgan fingerprint density at radius 1 is 1.21 bits per heavy atom. The highest BCUT2D eigenvalue weighted by Gasteiger charge is 2.40. The lowest BCUT2D eigenvalue weighted by atomic mass is 9.95. The quantitative estimate of drug-likeness (QED) is 0.663. The number of aryl methyl sites for hydroxylation is 1. The number of halogens is 1. The number of piperazine rings is 1. The van der Waals surface area contributed by atoms with Crippen molar-refractivity contribution in [3.8, 4) is 0 Å². The molecule has 9 heteroatoms. The number of carbonyl (C=O) groups is 1. The van der Waals surface area contributed by atoms with Gasteiger partial charge in [-0.05, 0) is 62.4 Å². The van der Waals surface area contributed by atoms with E-state index < -0.39 is 17.2 Å². The van der Waals surface area contributed by atoms with Gasteiger partial charge in [0.15, 0.2) is 5.11 Å². The van der Waals surface area contributed by atoms with E-state index in [1.807, 2.05) is 11.8 Å². The van der Waals surface area contributed by atoms with E-state index in [0.29, 0.717) is 50.0 Å². The standard InChI is InChI=1S/C24H29FN4O3S/c1-2-27-13-17(23(31)32)22(30)16-11-18(25)21(12-20(16)27)28-5-7-29(8-6-28)24(33)26-19-10-14-3-4-15(19)9-14/h11-15,19H,2-10H2,1H3,(H,26,33)(H,31,32)/t14-,15-,19+/m1/s1. The number of fused-ring (bicyclic) bond motifs is 3. The number of carboxylic acids is 1. The zero-order valence-corrected chi connectivity index (χ0v) is 19.5. The minimum absolute atomic E-state index is 0.0906. The highest BCUT2D eigenvalue weighted by Crippen LogP contribution is 2.44. The molecule has 33 heavy (non-hydrogen) atoms. The molecule has 1 aliphatic heterocycles. The third-order valence-corrected chi connectivity index (χ3v) is 8.05. The number of nitrogens with one attached hydrogen (secondary N) is 1. The molecule has 7 nitrogen and oxygen atoms in total. The predicted octanol–water partition coefficient (Wildman–Crippen LogP) is 3.04. The summed E-state index contributed by atoms with van der Waals surface area (Å²) in [6.07, 6.45) is 6.54. The van der Waals surface area contributed by atoms with Crippen LogP contribution in [0.5, 0.6) is 0 Å². The molecule has 1 saturated heterocycles. The zero-order valence-electron chi connectivity index (χ0n) is 18.7. The normalized spacial score (nSPS) is 24.5. The average molecular weight is 473 g/mol. The van der Waals surface area contributed by atoms with Crippen molar-refractivity contribution in [3.63, 3.8) is 0 Å². The number of aromatic carboxylic acids is 1. The van der Waals surface area contributed by atoms with Crippen molar-refractivity contribution in [1.29, 1.82) is 0 Å². The molecular formula is C24H29FN4O3S. The highest BCUT2D eigenvalue weighted by atomic mass is 32.1. The van der Waals surface area contributed by atoms with Gasteiger partial charge in [0, 0.05) is 50.3 Å². The van der Waals surface area contributed by atoms with Crippen molar-refractivity contribution in [2.75, 3.05) is 31.1 Å². The summed E-state index contributed by atoms with van der Waals surface area (Å²) in [5.41, 5.74) is -0.0327. The number of carboxylic acid groups (broad SMARTS) is 1.